The second-order valence-electron chi connectivity index (χ2n) is 9.38. The highest BCUT2D eigenvalue weighted by molar-refractivity contribution is 7.99. The van der Waals surface area contributed by atoms with E-state index in [-0.39, 0.29) is 35.9 Å². The molecule has 3 rings (SSSR count). The summed E-state index contributed by atoms with van der Waals surface area (Å²) in [4.78, 5) is 28.4. The van der Waals surface area contributed by atoms with Gasteiger partial charge in [-0.15, -0.1) is 22.6 Å². The van der Waals surface area contributed by atoms with Crippen LogP contribution in [0.3, 0.4) is 0 Å². The van der Waals surface area contributed by atoms with Gasteiger partial charge in [-0.25, -0.2) is 0 Å². The van der Waals surface area contributed by atoms with Crippen molar-refractivity contribution in [1.82, 2.24) is 20.4 Å². The molecule has 1 atom stereocenters. The Bertz CT molecular complexity index is 701. The van der Waals surface area contributed by atoms with Crippen LogP contribution in [0.5, 0.6) is 0 Å². The minimum atomic E-state index is -0.570. The predicted molar refractivity (Wildman–Crippen MR) is 129 cm³/mol. The van der Waals surface area contributed by atoms with Crippen LogP contribution in [0.2, 0.25) is 0 Å². The van der Waals surface area contributed by atoms with Gasteiger partial charge >= 0.3 is 0 Å². The molecule has 32 heavy (non-hydrogen) atoms. The van der Waals surface area contributed by atoms with Crippen LogP contribution >= 0.6 is 24.2 Å². The van der Waals surface area contributed by atoms with Crippen LogP contribution in [0.1, 0.15) is 87.7 Å². The molecule has 9 heteroatoms. The number of Topliss-reactive ketones (excluding diaryl/α,β-unsaturated/α-hetero) is 1. The van der Waals surface area contributed by atoms with E-state index in [1.54, 1.807) is 0 Å². The fraction of sp³-hybridized carbons (Fsp3) is 0.826. The molecule has 1 unspecified atom stereocenters. The Balaban J connectivity index is 0.00000363. The van der Waals surface area contributed by atoms with Crippen molar-refractivity contribution in [2.24, 2.45) is 11.8 Å². The molecule has 2 aliphatic carbocycles. The lowest BCUT2D eigenvalue weighted by Gasteiger charge is -2.27. The Morgan fingerprint density at radius 1 is 1.03 bits per heavy atom. The van der Waals surface area contributed by atoms with Crippen LogP contribution in [0.25, 0.3) is 0 Å². The summed E-state index contributed by atoms with van der Waals surface area (Å²) in [6.45, 7) is 0.887. The van der Waals surface area contributed by atoms with Crippen molar-refractivity contribution in [1.29, 1.82) is 0 Å². The Morgan fingerprint density at radius 3 is 2.31 bits per heavy atom. The number of hydrogen-bond donors (Lipinski definition) is 1. The first-order valence-electron chi connectivity index (χ1n) is 12.0. The molecule has 2 aliphatic rings. The molecule has 1 amide bonds. The number of carbonyl (C=O) groups is 2. The monoisotopic (exact) mass is 486 g/mol. The van der Waals surface area contributed by atoms with Crippen molar-refractivity contribution >= 4 is 35.9 Å². The van der Waals surface area contributed by atoms with E-state index in [9.17, 15) is 9.59 Å². The molecule has 0 saturated heterocycles. The van der Waals surface area contributed by atoms with Gasteiger partial charge in [0.25, 0.3) is 11.1 Å². The maximum absolute atomic E-state index is 13.3. The van der Waals surface area contributed by atoms with E-state index in [1.165, 1.54) is 43.9 Å². The van der Waals surface area contributed by atoms with Crippen LogP contribution in [-0.4, -0.2) is 59.2 Å². The summed E-state index contributed by atoms with van der Waals surface area (Å²) in [5.74, 6) is 1.11. The zero-order chi connectivity index (χ0) is 22.1. The maximum atomic E-state index is 13.3. The average Bonchev–Trinajstić information content (AvgIpc) is 3.05. The van der Waals surface area contributed by atoms with Gasteiger partial charge < -0.3 is 14.6 Å². The molecular weight excluding hydrogens is 448 g/mol. The molecule has 2 saturated carbocycles. The molecule has 182 valence electrons. The second kappa shape index (κ2) is 14.2. The molecule has 1 N–H and O–H groups in total. The molecule has 1 aromatic heterocycles. The molecule has 0 aliphatic heterocycles. The third-order valence-corrected chi connectivity index (χ3v) is 7.33. The lowest BCUT2D eigenvalue weighted by Crippen LogP contribution is -2.45. The van der Waals surface area contributed by atoms with E-state index in [1.807, 2.05) is 14.1 Å². The van der Waals surface area contributed by atoms with Crippen LogP contribution in [0, 0.1) is 11.8 Å². The highest BCUT2D eigenvalue weighted by atomic mass is 35.5. The number of carbonyl (C=O) groups excluding carboxylic acids is 2. The summed E-state index contributed by atoms with van der Waals surface area (Å²) in [7, 11) is 4.02. The summed E-state index contributed by atoms with van der Waals surface area (Å²) in [5.41, 5.74) is 0. The lowest BCUT2D eigenvalue weighted by molar-refractivity contribution is -0.126. The van der Waals surface area contributed by atoms with Crippen LogP contribution < -0.4 is 5.32 Å². The van der Waals surface area contributed by atoms with Crippen LogP contribution in [-0.2, 0) is 4.79 Å². The smallest absolute Gasteiger partial charge is 0.286 e. The third-order valence-electron chi connectivity index (χ3n) is 6.53. The van der Waals surface area contributed by atoms with E-state index in [0.29, 0.717) is 17.6 Å². The van der Waals surface area contributed by atoms with Gasteiger partial charge in [0.15, 0.2) is 0 Å². The van der Waals surface area contributed by atoms with Crippen molar-refractivity contribution in [3.63, 3.8) is 0 Å². The molecule has 0 spiro atoms. The summed E-state index contributed by atoms with van der Waals surface area (Å²) >= 11 is 1.45. The zero-order valence-corrected chi connectivity index (χ0v) is 21.1. The Hall–Kier alpha value is -1.12. The first kappa shape index (κ1) is 27.1. The normalized spacial score (nSPS) is 19.2. The van der Waals surface area contributed by atoms with Gasteiger partial charge in [-0.1, -0.05) is 69.5 Å². The molecule has 1 heterocycles. The van der Waals surface area contributed by atoms with E-state index in [4.69, 9.17) is 4.42 Å². The van der Waals surface area contributed by atoms with E-state index in [0.717, 1.165) is 50.8 Å². The van der Waals surface area contributed by atoms with Crippen molar-refractivity contribution in [2.45, 2.75) is 88.3 Å². The maximum Gasteiger partial charge on any atom is 0.286 e. The van der Waals surface area contributed by atoms with E-state index in [2.05, 4.69) is 20.4 Å². The summed E-state index contributed by atoms with van der Waals surface area (Å²) in [6, 6.07) is -0.570. The topological polar surface area (TPSA) is 88.3 Å². The Morgan fingerprint density at radius 2 is 1.66 bits per heavy atom. The number of amides is 1. The number of ketones is 1. The fourth-order valence-corrected chi connectivity index (χ4v) is 5.52. The summed E-state index contributed by atoms with van der Waals surface area (Å²) in [5, 5.41) is 11.6. The van der Waals surface area contributed by atoms with E-state index < -0.39 is 6.04 Å². The average molecular weight is 487 g/mol. The highest BCUT2D eigenvalue weighted by Crippen LogP contribution is 2.29. The number of nitrogens with one attached hydrogen (secondary N) is 1. The number of thioether (sulfide) groups is 1. The van der Waals surface area contributed by atoms with Gasteiger partial charge in [0.2, 0.25) is 11.7 Å². The van der Waals surface area contributed by atoms with Gasteiger partial charge in [-0.05, 0) is 39.3 Å². The van der Waals surface area contributed by atoms with Gasteiger partial charge in [0.1, 0.15) is 0 Å². The first-order valence-corrected chi connectivity index (χ1v) is 13.0. The van der Waals surface area contributed by atoms with Crippen molar-refractivity contribution in [3.05, 3.63) is 5.89 Å². The minimum Gasteiger partial charge on any atom is -0.408 e. The molecule has 7 nitrogen and oxygen atoms in total. The van der Waals surface area contributed by atoms with Gasteiger partial charge in [0, 0.05) is 18.2 Å². The second-order valence-corrected chi connectivity index (χ2v) is 10.4. The fourth-order valence-electron chi connectivity index (χ4n) is 4.65. The lowest BCUT2D eigenvalue weighted by atomic mass is 9.83. The van der Waals surface area contributed by atoms with Crippen LogP contribution in [0.4, 0.5) is 0 Å². The number of aromatic nitrogens is 2. The number of hydrogen-bond acceptors (Lipinski definition) is 7. The molecule has 2 fully saturated rings. The SMILES string of the molecule is CN(C)CCSc1nnc(C(=O)C(CC2CCCCC2)NC(=O)C2CCCCCC2)o1.Cl. The van der Waals surface area contributed by atoms with Crippen molar-refractivity contribution in [2.75, 3.05) is 26.4 Å². The van der Waals surface area contributed by atoms with Gasteiger partial charge in [0.05, 0.1) is 6.04 Å². The molecule has 0 aromatic carbocycles. The van der Waals surface area contributed by atoms with Gasteiger partial charge in [-0.2, -0.15) is 0 Å². The van der Waals surface area contributed by atoms with E-state index >= 15 is 0 Å². The van der Waals surface area contributed by atoms with Crippen LogP contribution in [0.15, 0.2) is 9.64 Å². The molecular formula is C23H39ClN4O3S. The first-order chi connectivity index (χ1) is 15.0. The van der Waals surface area contributed by atoms with Crippen molar-refractivity contribution < 1.29 is 14.0 Å². The molecule has 1 aromatic rings. The quantitative estimate of drug-likeness (QED) is 0.290. The summed E-state index contributed by atoms with van der Waals surface area (Å²) < 4.78 is 5.67. The number of rotatable bonds is 10. The van der Waals surface area contributed by atoms with Gasteiger partial charge in [-0.3, -0.25) is 9.59 Å². The Labute approximate surface area is 202 Å². The largest absolute Gasteiger partial charge is 0.408 e. The molecule has 0 bridgehead atoms. The molecule has 0 radical (unpaired) electrons. The number of halogens is 1. The van der Waals surface area contributed by atoms with Crippen molar-refractivity contribution in [3.8, 4) is 0 Å². The zero-order valence-electron chi connectivity index (χ0n) is 19.5. The third kappa shape index (κ3) is 8.67. The standard InChI is InChI=1S/C23H38N4O3S.ClH/c1-27(2)14-15-31-23-26-25-22(30-23)20(28)19(16-17-10-6-5-7-11-17)24-21(29)18-12-8-3-4-9-13-18;/h17-19H,3-16H2,1-2H3,(H,24,29);1H. The Kier molecular flexibility index (Phi) is 12.0. The number of nitrogens with zero attached hydrogens (tertiary/aromatic N) is 3. The minimum absolute atomic E-state index is 0. The summed E-state index contributed by atoms with van der Waals surface area (Å²) in [6.07, 6.45) is 13.0. The predicted octanol–water partition coefficient (Wildman–Crippen LogP) is 4.75. The highest BCUT2D eigenvalue weighted by Gasteiger charge is 2.32.